The van der Waals surface area contributed by atoms with E-state index in [-0.39, 0.29) is 18.9 Å². The summed E-state index contributed by atoms with van der Waals surface area (Å²) in [5, 5.41) is 11.7. The number of carbonyl (C=O) groups is 1. The first kappa shape index (κ1) is 21.2. The summed E-state index contributed by atoms with van der Waals surface area (Å²) in [4.78, 5) is 13.1. The lowest BCUT2D eigenvalue weighted by atomic mass is 9.86. The normalized spacial score (nSPS) is 19.0. The standard InChI is InChI=1S/C23H18F3NO6/c24-23(25,26)21-6-5-14(33-21)11-27(13-28)17-4-2-1-3-15(17)22(29)12-32-18-10-20-19(9-16(18)22)30-7-8-31-20/h1-6,9-10,13,29H,7-8,11-12H2. The molecule has 3 aromatic rings. The molecule has 0 fully saturated rings. The van der Waals surface area contributed by atoms with E-state index < -0.39 is 17.5 Å². The molecular formula is C23H18F3NO6. The number of furan rings is 1. The van der Waals surface area contributed by atoms with E-state index in [1.165, 1.54) is 4.90 Å². The third-order valence-electron chi connectivity index (χ3n) is 5.58. The topological polar surface area (TPSA) is 81.4 Å². The van der Waals surface area contributed by atoms with Crippen molar-refractivity contribution in [3.05, 3.63) is 71.2 Å². The SMILES string of the molecule is O=CN(Cc1ccc(C(F)(F)F)o1)c1ccccc1C1(O)COc2cc3c(cc21)OCCO3. The minimum absolute atomic E-state index is 0.0566. The van der Waals surface area contributed by atoms with Gasteiger partial charge in [0.1, 0.15) is 31.3 Å². The van der Waals surface area contributed by atoms with Gasteiger partial charge in [0.25, 0.3) is 0 Å². The van der Waals surface area contributed by atoms with Gasteiger partial charge in [-0.05, 0) is 24.3 Å². The first-order chi connectivity index (χ1) is 15.8. The van der Waals surface area contributed by atoms with Crippen molar-refractivity contribution in [2.24, 2.45) is 0 Å². The second-order valence-electron chi connectivity index (χ2n) is 7.66. The average molecular weight is 461 g/mol. The fourth-order valence-electron chi connectivity index (χ4n) is 4.03. The molecule has 0 aliphatic carbocycles. The Morgan fingerprint density at radius 3 is 2.39 bits per heavy atom. The summed E-state index contributed by atoms with van der Waals surface area (Å²) < 4.78 is 60.4. The third kappa shape index (κ3) is 3.66. The van der Waals surface area contributed by atoms with Gasteiger partial charge in [-0.25, -0.2) is 0 Å². The van der Waals surface area contributed by atoms with Gasteiger partial charge in [0, 0.05) is 17.2 Å². The largest absolute Gasteiger partial charge is 0.489 e. The van der Waals surface area contributed by atoms with Crippen LogP contribution in [0.15, 0.2) is 52.9 Å². The molecule has 33 heavy (non-hydrogen) atoms. The van der Waals surface area contributed by atoms with E-state index in [1.54, 1.807) is 36.4 Å². The molecule has 1 aromatic heterocycles. The Labute approximate surface area is 185 Å². The number of hydrogen-bond donors (Lipinski definition) is 1. The highest BCUT2D eigenvalue weighted by Gasteiger charge is 2.44. The minimum Gasteiger partial charge on any atom is -0.489 e. The van der Waals surface area contributed by atoms with Gasteiger partial charge in [0.2, 0.25) is 12.2 Å². The number of benzene rings is 2. The molecule has 1 atom stereocenters. The highest BCUT2D eigenvalue weighted by atomic mass is 19.4. The van der Waals surface area contributed by atoms with E-state index in [4.69, 9.17) is 18.6 Å². The molecule has 0 bridgehead atoms. The van der Waals surface area contributed by atoms with E-state index in [9.17, 15) is 23.1 Å². The van der Waals surface area contributed by atoms with Gasteiger partial charge >= 0.3 is 6.18 Å². The zero-order chi connectivity index (χ0) is 23.2. The lowest BCUT2D eigenvalue weighted by molar-refractivity contribution is -0.153. The molecule has 0 saturated carbocycles. The summed E-state index contributed by atoms with van der Waals surface area (Å²) in [5.41, 5.74) is -0.563. The predicted molar refractivity (Wildman–Crippen MR) is 108 cm³/mol. The van der Waals surface area contributed by atoms with Crippen LogP contribution in [-0.4, -0.2) is 31.3 Å². The maximum absolute atomic E-state index is 12.9. The number of halogens is 3. The Hall–Kier alpha value is -3.66. The number of anilines is 1. The molecule has 1 unspecified atom stereocenters. The van der Waals surface area contributed by atoms with Gasteiger partial charge < -0.3 is 28.6 Å². The number of para-hydroxylation sites is 1. The van der Waals surface area contributed by atoms with Crippen LogP contribution in [-0.2, 0) is 23.1 Å². The van der Waals surface area contributed by atoms with Crippen LogP contribution in [0.25, 0.3) is 0 Å². The van der Waals surface area contributed by atoms with Crippen molar-refractivity contribution >= 4 is 12.1 Å². The summed E-state index contributed by atoms with van der Waals surface area (Å²) in [5.74, 6) is 0.170. The Kier molecular flexibility index (Phi) is 4.97. The van der Waals surface area contributed by atoms with E-state index >= 15 is 0 Å². The summed E-state index contributed by atoms with van der Waals surface area (Å²) in [7, 11) is 0. The number of fused-ring (bicyclic) bond motifs is 2. The summed E-state index contributed by atoms with van der Waals surface area (Å²) in [6.45, 7) is 0.370. The highest BCUT2D eigenvalue weighted by Crippen LogP contribution is 2.49. The molecule has 2 aromatic carbocycles. The first-order valence-corrected chi connectivity index (χ1v) is 10.1. The molecule has 7 nitrogen and oxygen atoms in total. The van der Waals surface area contributed by atoms with Crippen LogP contribution < -0.4 is 19.1 Å². The fourth-order valence-corrected chi connectivity index (χ4v) is 4.03. The van der Waals surface area contributed by atoms with E-state index in [1.807, 2.05) is 0 Å². The summed E-state index contributed by atoms with van der Waals surface area (Å²) in [6.07, 6.45) is -4.16. The smallest absolute Gasteiger partial charge is 0.449 e. The second-order valence-corrected chi connectivity index (χ2v) is 7.66. The van der Waals surface area contributed by atoms with E-state index in [0.717, 1.165) is 12.1 Å². The number of rotatable bonds is 5. The summed E-state index contributed by atoms with van der Waals surface area (Å²) in [6, 6.07) is 11.8. The minimum atomic E-state index is -4.63. The fraction of sp³-hybridized carbons (Fsp3) is 0.261. The van der Waals surface area contributed by atoms with Gasteiger partial charge in [-0.2, -0.15) is 13.2 Å². The van der Waals surface area contributed by atoms with Gasteiger partial charge in [0.15, 0.2) is 17.1 Å². The van der Waals surface area contributed by atoms with E-state index in [2.05, 4.69) is 0 Å². The number of alkyl halides is 3. The van der Waals surface area contributed by atoms with Crippen molar-refractivity contribution in [2.45, 2.75) is 18.3 Å². The zero-order valence-corrected chi connectivity index (χ0v) is 17.1. The van der Waals surface area contributed by atoms with Gasteiger partial charge in [-0.1, -0.05) is 18.2 Å². The molecule has 0 radical (unpaired) electrons. The van der Waals surface area contributed by atoms with Crippen molar-refractivity contribution in [2.75, 3.05) is 24.7 Å². The Balaban J connectivity index is 1.52. The molecule has 5 rings (SSSR count). The molecule has 0 spiro atoms. The Morgan fingerprint density at radius 2 is 1.70 bits per heavy atom. The Bertz CT molecular complexity index is 1210. The highest BCUT2D eigenvalue weighted by molar-refractivity contribution is 5.78. The van der Waals surface area contributed by atoms with Crippen LogP contribution >= 0.6 is 0 Å². The van der Waals surface area contributed by atoms with Crippen LogP contribution in [0.3, 0.4) is 0 Å². The van der Waals surface area contributed by atoms with Crippen LogP contribution in [0.2, 0.25) is 0 Å². The number of carbonyl (C=O) groups excluding carboxylic acids is 1. The monoisotopic (exact) mass is 461 g/mol. The maximum atomic E-state index is 12.9. The summed E-state index contributed by atoms with van der Waals surface area (Å²) >= 11 is 0. The lowest BCUT2D eigenvalue weighted by Crippen LogP contribution is -2.32. The third-order valence-corrected chi connectivity index (χ3v) is 5.58. The first-order valence-electron chi connectivity index (χ1n) is 10.1. The number of amides is 1. The lowest BCUT2D eigenvalue weighted by Gasteiger charge is -2.29. The van der Waals surface area contributed by atoms with Crippen LogP contribution in [0, 0.1) is 0 Å². The van der Waals surface area contributed by atoms with Gasteiger partial charge in [-0.15, -0.1) is 0 Å². The average Bonchev–Trinajstić information content (AvgIpc) is 3.42. The molecule has 2 aliphatic rings. The van der Waals surface area contributed by atoms with E-state index in [0.29, 0.717) is 53.7 Å². The molecule has 1 N–H and O–H groups in total. The number of aliphatic hydroxyl groups is 1. The van der Waals surface area contributed by atoms with Crippen LogP contribution in [0.5, 0.6) is 17.2 Å². The number of nitrogens with zero attached hydrogens (tertiary/aromatic N) is 1. The van der Waals surface area contributed by atoms with Gasteiger partial charge in [0.05, 0.1) is 12.2 Å². The van der Waals surface area contributed by atoms with Crippen LogP contribution in [0.1, 0.15) is 22.6 Å². The van der Waals surface area contributed by atoms with Crippen LogP contribution in [0.4, 0.5) is 18.9 Å². The molecule has 0 saturated heterocycles. The van der Waals surface area contributed by atoms with Crippen molar-refractivity contribution in [3.8, 4) is 17.2 Å². The molecular weight excluding hydrogens is 443 g/mol. The van der Waals surface area contributed by atoms with Gasteiger partial charge in [-0.3, -0.25) is 4.79 Å². The number of hydrogen-bond acceptors (Lipinski definition) is 6. The molecule has 2 aliphatic heterocycles. The van der Waals surface area contributed by atoms with Crippen molar-refractivity contribution < 1.29 is 41.7 Å². The van der Waals surface area contributed by atoms with Crippen molar-refractivity contribution in [1.29, 1.82) is 0 Å². The molecule has 3 heterocycles. The Morgan fingerprint density at radius 1 is 0.970 bits per heavy atom. The van der Waals surface area contributed by atoms with Crippen molar-refractivity contribution in [1.82, 2.24) is 0 Å². The predicted octanol–water partition coefficient (Wildman–Crippen LogP) is 3.86. The zero-order valence-electron chi connectivity index (χ0n) is 17.1. The molecule has 1 amide bonds. The quantitative estimate of drug-likeness (QED) is 0.582. The number of ether oxygens (including phenoxy) is 3. The maximum Gasteiger partial charge on any atom is 0.449 e. The molecule has 172 valence electrons. The second kappa shape index (κ2) is 7.73. The van der Waals surface area contributed by atoms with Crippen molar-refractivity contribution in [3.63, 3.8) is 0 Å². The molecule has 10 heteroatoms.